The fraction of sp³-hybridized carbons (Fsp3) is 0.452. The highest BCUT2D eigenvalue weighted by molar-refractivity contribution is 5.93. The van der Waals surface area contributed by atoms with Gasteiger partial charge in [0.1, 0.15) is 6.04 Å². The number of aromatic nitrogens is 1. The number of piperidine rings is 1. The summed E-state index contributed by atoms with van der Waals surface area (Å²) in [6, 6.07) is 17.0. The third-order valence-corrected chi connectivity index (χ3v) is 7.91. The maximum Gasteiger partial charge on any atom is 0.245 e. The molecule has 4 N–H and O–H groups in total. The first kappa shape index (κ1) is 35.1. The Morgan fingerprint density at radius 1 is 1.05 bits per heavy atom. The van der Waals surface area contributed by atoms with Gasteiger partial charge in [0, 0.05) is 57.8 Å². The lowest BCUT2D eigenvalue weighted by molar-refractivity contribution is -0.159. The van der Waals surface area contributed by atoms with Crippen LogP contribution in [0.2, 0.25) is 0 Å². The van der Waals surface area contributed by atoms with Crippen molar-refractivity contribution in [2.24, 2.45) is 11.1 Å². The summed E-state index contributed by atoms with van der Waals surface area (Å²) in [5, 5.41) is 7.32. The van der Waals surface area contributed by atoms with Crippen molar-refractivity contribution in [3.63, 3.8) is 0 Å². The fourth-order valence-corrected chi connectivity index (χ4v) is 5.51. The number of hydrogen-bond donors (Lipinski definition) is 3. The number of likely N-dealkylation sites (tertiary alicyclic amines) is 1. The normalized spacial score (nSPS) is 17.6. The number of para-hydroxylation sites is 1. The number of carbonyl (C=O) groups excluding carboxylic acids is 3. The summed E-state index contributed by atoms with van der Waals surface area (Å²) in [6.45, 7) is 4.03. The highest BCUT2D eigenvalue weighted by atomic mass is 35.5. The number of rotatable bonds is 9. The van der Waals surface area contributed by atoms with Gasteiger partial charge in [0.2, 0.25) is 17.7 Å². The van der Waals surface area contributed by atoms with Gasteiger partial charge in [0.15, 0.2) is 0 Å². The Labute approximate surface area is 261 Å². The van der Waals surface area contributed by atoms with E-state index < -0.39 is 22.9 Å². The molecule has 11 heteroatoms. The first-order chi connectivity index (χ1) is 18.9. The predicted octanol–water partition coefficient (Wildman–Crippen LogP) is 3.56. The molecule has 1 fully saturated rings. The monoisotopic (exact) mass is 618 g/mol. The molecule has 9 nitrogen and oxygen atoms in total. The summed E-state index contributed by atoms with van der Waals surface area (Å²) in [6.07, 6.45) is 4.05. The third kappa shape index (κ3) is 7.83. The average molecular weight is 620 g/mol. The van der Waals surface area contributed by atoms with Gasteiger partial charge in [-0.15, -0.1) is 24.8 Å². The highest BCUT2D eigenvalue weighted by Gasteiger charge is 2.46. The van der Waals surface area contributed by atoms with Crippen molar-refractivity contribution in [3.8, 4) is 0 Å². The van der Waals surface area contributed by atoms with Crippen LogP contribution in [0.4, 0.5) is 0 Å². The molecule has 3 amide bonds. The second-order valence-electron chi connectivity index (χ2n) is 11.8. The van der Waals surface area contributed by atoms with Crippen LogP contribution in [0, 0.1) is 5.41 Å². The van der Waals surface area contributed by atoms with Gasteiger partial charge >= 0.3 is 0 Å². The van der Waals surface area contributed by atoms with Crippen molar-refractivity contribution >= 4 is 53.4 Å². The number of nitrogens with zero attached hydrogens (tertiary/aromatic N) is 3. The molecule has 2 atom stereocenters. The minimum Gasteiger partial charge on any atom is -0.361 e. The van der Waals surface area contributed by atoms with E-state index in [0.29, 0.717) is 32.2 Å². The molecule has 2 unspecified atom stereocenters. The zero-order valence-electron chi connectivity index (χ0n) is 25.1. The summed E-state index contributed by atoms with van der Waals surface area (Å²) in [5.41, 5.74) is 7.10. The van der Waals surface area contributed by atoms with Gasteiger partial charge in [-0.25, -0.2) is 5.01 Å². The van der Waals surface area contributed by atoms with Crippen molar-refractivity contribution in [2.75, 3.05) is 34.2 Å². The Balaban J connectivity index is 0.00000308. The maximum atomic E-state index is 14.2. The summed E-state index contributed by atoms with van der Waals surface area (Å²) < 4.78 is 0. The van der Waals surface area contributed by atoms with Crippen LogP contribution < -0.4 is 11.1 Å². The second kappa shape index (κ2) is 14.4. The molecule has 0 saturated carbocycles. The Hall–Kier alpha value is -3.11. The minimum absolute atomic E-state index is 0. The van der Waals surface area contributed by atoms with E-state index >= 15 is 0 Å². The number of nitrogens with two attached hydrogens (primary N) is 1. The standard InChI is InChI=1S/C31H42N6O3.2ClH/c1-30(2,32)28(39)34-26(18-23-20-33-25-15-10-9-14-24(23)25)27(38)37-17-11-16-31(21-37,29(40)36(5)35(3)4)19-22-12-7-6-8-13-22;;/h6-10,12-15,20,26,33H,11,16-19,21,32H2,1-5H3,(H,34,39);2*1H. The molecule has 0 radical (unpaired) electrons. The predicted molar refractivity (Wildman–Crippen MR) is 172 cm³/mol. The number of carbonyl (C=O) groups is 3. The lowest BCUT2D eigenvalue weighted by atomic mass is 9.74. The van der Waals surface area contributed by atoms with Gasteiger partial charge in [-0.3, -0.25) is 19.4 Å². The Morgan fingerprint density at radius 3 is 2.33 bits per heavy atom. The molecule has 2 aromatic carbocycles. The number of aromatic amines is 1. The Kier molecular flexibility index (Phi) is 12.0. The number of nitrogens with one attached hydrogen (secondary N) is 2. The molecule has 1 aliphatic heterocycles. The molecule has 0 spiro atoms. The fourth-order valence-electron chi connectivity index (χ4n) is 5.51. The highest BCUT2D eigenvalue weighted by Crippen LogP contribution is 2.36. The summed E-state index contributed by atoms with van der Waals surface area (Å²) in [4.78, 5) is 46.2. The van der Waals surface area contributed by atoms with Crippen molar-refractivity contribution in [3.05, 3.63) is 71.9 Å². The second-order valence-corrected chi connectivity index (χ2v) is 11.8. The number of hydrazine groups is 1. The van der Waals surface area contributed by atoms with E-state index in [1.807, 2.05) is 74.9 Å². The smallest absolute Gasteiger partial charge is 0.245 e. The molecule has 2 heterocycles. The lowest BCUT2D eigenvalue weighted by Crippen LogP contribution is -2.61. The van der Waals surface area contributed by atoms with Gasteiger partial charge < -0.3 is 20.9 Å². The van der Waals surface area contributed by atoms with Crippen LogP contribution in [0.3, 0.4) is 0 Å². The van der Waals surface area contributed by atoms with Crippen LogP contribution >= 0.6 is 24.8 Å². The van der Waals surface area contributed by atoms with Gasteiger partial charge in [-0.05, 0) is 50.3 Å². The zero-order chi connectivity index (χ0) is 29.1. The van der Waals surface area contributed by atoms with Crippen LogP contribution in [0.5, 0.6) is 0 Å². The minimum atomic E-state index is -1.15. The van der Waals surface area contributed by atoms with Crippen LogP contribution in [0.15, 0.2) is 60.8 Å². The Morgan fingerprint density at radius 2 is 1.69 bits per heavy atom. The average Bonchev–Trinajstić information content (AvgIpc) is 3.34. The number of hydrogen-bond acceptors (Lipinski definition) is 5. The van der Waals surface area contributed by atoms with Crippen LogP contribution in [-0.2, 0) is 27.2 Å². The molecular weight excluding hydrogens is 575 g/mol. The number of fused-ring (bicyclic) bond motifs is 1. The molecule has 1 saturated heterocycles. The molecule has 4 rings (SSSR count). The van der Waals surface area contributed by atoms with Crippen molar-refractivity contribution in [1.82, 2.24) is 25.2 Å². The zero-order valence-corrected chi connectivity index (χ0v) is 26.7. The number of H-pyrrole nitrogens is 1. The molecule has 0 bridgehead atoms. The molecule has 0 aliphatic carbocycles. The number of benzene rings is 2. The van der Waals surface area contributed by atoms with Crippen molar-refractivity contribution in [2.45, 2.75) is 51.1 Å². The van der Waals surface area contributed by atoms with E-state index in [2.05, 4.69) is 10.3 Å². The van der Waals surface area contributed by atoms with Gasteiger partial charge in [0.05, 0.1) is 11.0 Å². The third-order valence-electron chi connectivity index (χ3n) is 7.91. The molecular formula is C31H44Cl2N6O3. The van der Waals surface area contributed by atoms with E-state index in [1.165, 1.54) is 0 Å². The van der Waals surface area contributed by atoms with Crippen LogP contribution in [0.1, 0.15) is 37.8 Å². The van der Waals surface area contributed by atoms with Gasteiger partial charge in [-0.2, -0.15) is 0 Å². The van der Waals surface area contributed by atoms with E-state index in [-0.39, 0.29) is 43.2 Å². The molecule has 230 valence electrons. The summed E-state index contributed by atoms with van der Waals surface area (Å²) in [7, 11) is 5.43. The molecule has 3 aromatic rings. The SMILES string of the molecule is CN(C)N(C)C(=O)C1(Cc2ccccc2)CCCN(C(=O)C(Cc2c[nH]c3ccccc23)NC(=O)C(C)(C)N)C1.Cl.Cl. The first-order valence-corrected chi connectivity index (χ1v) is 13.8. The van der Waals surface area contributed by atoms with E-state index in [1.54, 1.807) is 35.8 Å². The van der Waals surface area contributed by atoms with Crippen molar-refractivity contribution in [1.29, 1.82) is 0 Å². The van der Waals surface area contributed by atoms with E-state index in [4.69, 9.17) is 5.73 Å². The summed E-state index contributed by atoms with van der Waals surface area (Å²) in [5.74, 6) is -0.638. The Bertz CT molecular complexity index is 1360. The van der Waals surface area contributed by atoms with Gasteiger partial charge in [0.25, 0.3) is 0 Å². The van der Waals surface area contributed by atoms with Crippen LogP contribution in [-0.4, -0.2) is 83.4 Å². The van der Waals surface area contributed by atoms with Crippen LogP contribution in [0.25, 0.3) is 10.9 Å². The topological polar surface area (TPSA) is 115 Å². The van der Waals surface area contributed by atoms with E-state index in [9.17, 15) is 14.4 Å². The molecule has 1 aromatic heterocycles. The lowest BCUT2D eigenvalue weighted by Gasteiger charge is -2.45. The quantitative estimate of drug-likeness (QED) is 0.317. The molecule has 1 aliphatic rings. The summed E-state index contributed by atoms with van der Waals surface area (Å²) >= 11 is 0. The van der Waals surface area contributed by atoms with E-state index in [0.717, 1.165) is 22.0 Å². The maximum absolute atomic E-state index is 14.2. The number of halogens is 2. The number of amides is 3. The molecule has 42 heavy (non-hydrogen) atoms. The first-order valence-electron chi connectivity index (χ1n) is 13.8. The van der Waals surface area contributed by atoms with Gasteiger partial charge in [-0.1, -0.05) is 48.5 Å². The largest absolute Gasteiger partial charge is 0.361 e. The van der Waals surface area contributed by atoms with Crippen molar-refractivity contribution < 1.29 is 14.4 Å².